The van der Waals surface area contributed by atoms with E-state index in [-0.39, 0.29) is 17.2 Å². The van der Waals surface area contributed by atoms with Crippen LogP contribution in [0.5, 0.6) is 5.75 Å². The van der Waals surface area contributed by atoms with Crippen LogP contribution < -0.4 is 5.32 Å². The fraction of sp³-hybridized carbons (Fsp3) is 0.400. The first-order valence-electron chi connectivity index (χ1n) is 4.36. The molecule has 4 nitrogen and oxygen atoms in total. The molecular weight excluding hydrogens is 180 g/mol. The Morgan fingerprint density at radius 1 is 1.43 bits per heavy atom. The van der Waals surface area contributed by atoms with Crippen molar-refractivity contribution in [1.29, 1.82) is 0 Å². The molecule has 2 N–H and O–H groups in total. The molecule has 0 fully saturated rings. The predicted molar refractivity (Wildman–Crippen MR) is 53.1 cm³/mol. The van der Waals surface area contributed by atoms with Crippen LogP contribution >= 0.6 is 0 Å². The number of aromatic hydroxyl groups is 1. The van der Waals surface area contributed by atoms with Gasteiger partial charge in [-0.05, 0) is 32.9 Å². The normalized spacial score (nSPS) is 11.1. The van der Waals surface area contributed by atoms with Gasteiger partial charge in [0.1, 0.15) is 11.4 Å². The van der Waals surface area contributed by atoms with Crippen LogP contribution in [0, 0.1) is 0 Å². The Bertz CT molecular complexity index is 325. The van der Waals surface area contributed by atoms with Gasteiger partial charge in [-0.25, -0.2) is 4.98 Å². The number of carbonyl (C=O) groups is 1. The summed E-state index contributed by atoms with van der Waals surface area (Å²) in [6.45, 7) is 5.68. The summed E-state index contributed by atoms with van der Waals surface area (Å²) in [7, 11) is 0. The van der Waals surface area contributed by atoms with E-state index < -0.39 is 0 Å². The third kappa shape index (κ3) is 3.05. The van der Waals surface area contributed by atoms with Crippen molar-refractivity contribution >= 4 is 5.91 Å². The van der Waals surface area contributed by atoms with Crippen molar-refractivity contribution in [3.05, 3.63) is 24.0 Å². The second kappa shape index (κ2) is 3.65. The van der Waals surface area contributed by atoms with E-state index in [0.717, 1.165) is 0 Å². The van der Waals surface area contributed by atoms with Gasteiger partial charge in [0.05, 0.1) is 6.20 Å². The Kier molecular flexibility index (Phi) is 2.74. The highest BCUT2D eigenvalue weighted by Gasteiger charge is 2.15. The summed E-state index contributed by atoms with van der Waals surface area (Å²) >= 11 is 0. The average Bonchev–Trinajstić information content (AvgIpc) is 2.02. The number of rotatable bonds is 1. The Hall–Kier alpha value is -1.58. The summed E-state index contributed by atoms with van der Waals surface area (Å²) in [5.41, 5.74) is 0.0223. The maximum atomic E-state index is 11.5. The molecule has 0 spiro atoms. The minimum Gasteiger partial charge on any atom is -0.506 e. The monoisotopic (exact) mass is 194 g/mol. The molecule has 0 aliphatic carbocycles. The first-order chi connectivity index (χ1) is 6.38. The largest absolute Gasteiger partial charge is 0.506 e. The Balaban J connectivity index is 2.76. The molecule has 0 aliphatic rings. The number of aromatic nitrogens is 1. The maximum absolute atomic E-state index is 11.5. The molecule has 0 atom stereocenters. The van der Waals surface area contributed by atoms with E-state index in [1.165, 1.54) is 18.3 Å². The van der Waals surface area contributed by atoms with Crippen molar-refractivity contribution in [3.8, 4) is 5.75 Å². The third-order valence-electron chi connectivity index (χ3n) is 1.47. The van der Waals surface area contributed by atoms with E-state index in [2.05, 4.69) is 10.3 Å². The van der Waals surface area contributed by atoms with E-state index >= 15 is 0 Å². The van der Waals surface area contributed by atoms with Gasteiger partial charge in [0, 0.05) is 5.54 Å². The Labute approximate surface area is 83.0 Å². The van der Waals surface area contributed by atoms with Gasteiger partial charge < -0.3 is 10.4 Å². The lowest BCUT2D eigenvalue weighted by Crippen LogP contribution is -2.40. The van der Waals surface area contributed by atoms with Crippen LogP contribution in [0.3, 0.4) is 0 Å². The first-order valence-corrected chi connectivity index (χ1v) is 4.36. The molecular formula is C10H14N2O2. The molecule has 1 rings (SSSR count). The van der Waals surface area contributed by atoms with Gasteiger partial charge in [0.2, 0.25) is 0 Å². The predicted octanol–water partition coefficient (Wildman–Crippen LogP) is 1.32. The lowest BCUT2D eigenvalue weighted by molar-refractivity contribution is 0.0914. The molecule has 0 bridgehead atoms. The van der Waals surface area contributed by atoms with Gasteiger partial charge in [-0.15, -0.1) is 0 Å². The van der Waals surface area contributed by atoms with Gasteiger partial charge in [0.25, 0.3) is 5.91 Å². The number of pyridine rings is 1. The van der Waals surface area contributed by atoms with Gasteiger partial charge in [-0.3, -0.25) is 4.79 Å². The van der Waals surface area contributed by atoms with Crippen LogP contribution in [0.15, 0.2) is 18.3 Å². The second-order valence-electron chi connectivity index (χ2n) is 4.11. The summed E-state index contributed by atoms with van der Waals surface area (Å²) in [5.74, 6) is -0.185. The quantitative estimate of drug-likeness (QED) is 0.708. The Morgan fingerprint density at radius 3 is 2.50 bits per heavy atom. The lowest BCUT2D eigenvalue weighted by Gasteiger charge is -2.19. The Morgan fingerprint density at radius 2 is 2.07 bits per heavy atom. The molecule has 0 radical (unpaired) electrons. The average molecular weight is 194 g/mol. The molecule has 0 saturated carbocycles. The van der Waals surface area contributed by atoms with E-state index in [1.807, 2.05) is 20.8 Å². The van der Waals surface area contributed by atoms with Crippen LogP contribution in [0.4, 0.5) is 0 Å². The van der Waals surface area contributed by atoms with Crippen LogP contribution in [-0.2, 0) is 0 Å². The highest BCUT2D eigenvalue weighted by Crippen LogP contribution is 2.07. The molecule has 0 aromatic carbocycles. The highest BCUT2D eigenvalue weighted by atomic mass is 16.3. The van der Waals surface area contributed by atoms with Gasteiger partial charge in [0.15, 0.2) is 0 Å². The number of nitrogens with zero attached hydrogens (tertiary/aromatic N) is 1. The maximum Gasteiger partial charge on any atom is 0.270 e. The smallest absolute Gasteiger partial charge is 0.270 e. The molecule has 0 aliphatic heterocycles. The third-order valence-corrected chi connectivity index (χ3v) is 1.47. The molecule has 76 valence electrons. The number of carbonyl (C=O) groups excluding carboxylic acids is 1. The number of hydrogen-bond donors (Lipinski definition) is 2. The van der Waals surface area contributed by atoms with Crippen LogP contribution in [0.25, 0.3) is 0 Å². The molecule has 14 heavy (non-hydrogen) atoms. The molecule has 1 aromatic heterocycles. The van der Waals surface area contributed by atoms with Crippen molar-refractivity contribution in [2.24, 2.45) is 0 Å². The molecule has 1 heterocycles. The van der Waals surface area contributed by atoms with Crippen molar-refractivity contribution in [1.82, 2.24) is 10.3 Å². The standard InChI is InChI=1S/C10H14N2O2/c1-10(2,3)12-9(14)8-5-4-7(13)6-11-8/h4-6,13H,1-3H3,(H,12,14). The fourth-order valence-corrected chi connectivity index (χ4v) is 0.925. The molecule has 0 unspecified atom stereocenters. The molecule has 4 heteroatoms. The van der Waals surface area contributed by atoms with Crippen molar-refractivity contribution in [3.63, 3.8) is 0 Å². The van der Waals surface area contributed by atoms with Gasteiger partial charge >= 0.3 is 0 Å². The first kappa shape index (κ1) is 10.5. The second-order valence-corrected chi connectivity index (χ2v) is 4.11. The van der Waals surface area contributed by atoms with Crippen molar-refractivity contribution in [2.45, 2.75) is 26.3 Å². The summed E-state index contributed by atoms with van der Waals surface area (Å²) in [5, 5.41) is 11.7. The van der Waals surface area contributed by atoms with Crippen LogP contribution in [-0.4, -0.2) is 21.5 Å². The van der Waals surface area contributed by atoms with Gasteiger partial charge in [-0.2, -0.15) is 0 Å². The van der Waals surface area contributed by atoms with Gasteiger partial charge in [-0.1, -0.05) is 0 Å². The zero-order chi connectivity index (χ0) is 10.8. The SMILES string of the molecule is CC(C)(C)NC(=O)c1ccc(O)cn1. The number of amides is 1. The van der Waals surface area contributed by atoms with E-state index in [9.17, 15) is 4.79 Å². The minimum absolute atomic E-state index is 0.0531. The van der Waals surface area contributed by atoms with Crippen molar-refractivity contribution in [2.75, 3.05) is 0 Å². The molecule has 1 aromatic rings. The summed E-state index contributed by atoms with van der Waals surface area (Å²) in [6.07, 6.45) is 1.25. The zero-order valence-electron chi connectivity index (χ0n) is 8.53. The van der Waals surface area contributed by atoms with Crippen LogP contribution in [0.1, 0.15) is 31.3 Å². The molecule has 0 saturated heterocycles. The van der Waals surface area contributed by atoms with E-state index in [0.29, 0.717) is 5.69 Å². The summed E-state index contributed by atoms with van der Waals surface area (Å²) in [4.78, 5) is 15.3. The highest BCUT2D eigenvalue weighted by molar-refractivity contribution is 5.92. The summed E-state index contributed by atoms with van der Waals surface area (Å²) in [6, 6.07) is 2.92. The topological polar surface area (TPSA) is 62.2 Å². The number of hydrogen-bond acceptors (Lipinski definition) is 3. The molecule has 1 amide bonds. The van der Waals surface area contributed by atoms with E-state index in [1.54, 1.807) is 0 Å². The number of nitrogens with one attached hydrogen (secondary N) is 1. The van der Waals surface area contributed by atoms with E-state index in [4.69, 9.17) is 5.11 Å². The summed E-state index contributed by atoms with van der Waals surface area (Å²) < 4.78 is 0. The zero-order valence-corrected chi connectivity index (χ0v) is 8.53. The minimum atomic E-state index is -0.281. The lowest BCUT2D eigenvalue weighted by atomic mass is 10.1. The fourth-order valence-electron chi connectivity index (χ4n) is 0.925. The van der Waals surface area contributed by atoms with Crippen molar-refractivity contribution < 1.29 is 9.90 Å². The van der Waals surface area contributed by atoms with Crippen LogP contribution in [0.2, 0.25) is 0 Å².